The minimum absolute atomic E-state index is 0.118. The molecule has 29 heavy (non-hydrogen) atoms. The van der Waals surface area contributed by atoms with Gasteiger partial charge in [-0.25, -0.2) is 12.8 Å². The predicted molar refractivity (Wildman–Crippen MR) is 113 cm³/mol. The molecule has 0 radical (unpaired) electrons. The van der Waals surface area contributed by atoms with Gasteiger partial charge < -0.3 is 5.32 Å². The van der Waals surface area contributed by atoms with Crippen molar-refractivity contribution in [3.63, 3.8) is 0 Å². The second-order valence-corrected chi connectivity index (χ2v) is 10.3. The number of halogens is 3. The highest BCUT2D eigenvalue weighted by Crippen LogP contribution is 2.29. The summed E-state index contributed by atoms with van der Waals surface area (Å²) < 4.78 is 41.8. The minimum Gasteiger partial charge on any atom is -0.321 e. The molecular weight excluding hydrogens is 438 g/mol. The molecule has 0 saturated carbocycles. The van der Waals surface area contributed by atoms with Gasteiger partial charge in [-0.3, -0.25) is 4.79 Å². The summed E-state index contributed by atoms with van der Waals surface area (Å²) in [6, 6.07) is 7.68. The number of rotatable bonds is 4. The molecule has 1 amide bonds. The first-order valence-electron chi connectivity index (χ1n) is 9.14. The molecule has 2 aromatic carbocycles. The van der Waals surface area contributed by atoms with Crippen molar-refractivity contribution in [1.82, 2.24) is 4.31 Å². The molecule has 1 N–H and O–H groups in total. The van der Waals surface area contributed by atoms with Crippen LogP contribution in [0.3, 0.4) is 0 Å². The van der Waals surface area contributed by atoms with Gasteiger partial charge in [-0.1, -0.05) is 37.0 Å². The molecular formula is C20H21Cl2FN2O3S. The first-order valence-corrected chi connectivity index (χ1v) is 11.3. The molecule has 1 heterocycles. The number of nitrogens with zero attached hydrogens (tertiary/aromatic N) is 1. The maximum Gasteiger partial charge on any atom is 0.258 e. The van der Waals surface area contributed by atoms with E-state index in [2.05, 4.69) is 5.32 Å². The van der Waals surface area contributed by atoms with E-state index >= 15 is 0 Å². The molecule has 3 rings (SSSR count). The summed E-state index contributed by atoms with van der Waals surface area (Å²) >= 11 is 11.9. The summed E-state index contributed by atoms with van der Waals surface area (Å²) in [7, 11) is -3.84. The van der Waals surface area contributed by atoms with Gasteiger partial charge in [0.15, 0.2) is 0 Å². The van der Waals surface area contributed by atoms with Crippen LogP contribution < -0.4 is 5.32 Å². The Hall–Kier alpha value is -1.67. The van der Waals surface area contributed by atoms with Gasteiger partial charge in [-0.2, -0.15) is 4.31 Å². The van der Waals surface area contributed by atoms with Crippen LogP contribution in [0.15, 0.2) is 41.3 Å². The Morgan fingerprint density at radius 2 is 1.76 bits per heavy atom. The van der Waals surface area contributed by atoms with Crippen LogP contribution in [0.25, 0.3) is 0 Å². The highest BCUT2D eigenvalue weighted by molar-refractivity contribution is 7.89. The topological polar surface area (TPSA) is 66.5 Å². The van der Waals surface area contributed by atoms with E-state index in [-0.39, 0.29) is 33.0 Å². The number of benzene rings is 2. The van der Waals surface area contributed by atoms with Gasteiger partial charge in [0.05, 0.1) is 21.2 Å². The van der Waals surface area contributed by atoms with E-state index < -0.39 is 21.7 Å². The average Bonchev–Trinajstić information content (AvgIpc) is 2.63. The van der Waals surface area contributed by atoms with Crippen molar-refractivity contribution in [1.29, 1.82) is 0 Å². The van der Waals surface area contributed by atoms with Crippen LogP contribution in [-0.2, 0) is 10.0 Å². The molecule has 0 aromatic heterocycles. The van der Waals surface area contributed by atoms with Crippen LogP contribution >= 0.6 is 23.2 Å². The Kier molecular flexibility index (Phi) is 6.53. The van der Waals surface area contributed by atoms with E-state index in [0.29, 0.717) is 18.1 Å². The molecule has 0 bridgehead atoms. The van der Waals surface area contributed by atoms with Gasteiger partial charge in [0, 0.05) is 18.1 Å². The summed E-state index contributed by atoms with van der Waals surface area (Å²) in [5.41, 5.74) is -0.136. The summed E-state index contributed by atoms with van der Waals surface area (Å²) in [6.45, 7) is 4.78. The lowest BCUT2D eigenvalue weighted by molar-refractivity contribution is 0.102. The maximum atomic E-state index is 14.3. The van der Waals surface area contributed by atoms with Gasteiger partial charge in [-0.05, 0) is 54.7 Å². The zero-order valence-electron chi connectivity index (χ0n) is 16.0. The van der Waals surface area contributed by atoms with Crippen LogP contribution in [-0.4, -0.2) is 31.7 Å². The normalized spacial score (nSPS) is 20.4. The zero-order valence-corrected chi connectivity index (χ0v) is 18.3. The Balaban J connectivity index is 1.90. The molecule has 0 spiro atoms. The molecule has 156 valence electrons. The molecule has 2 atom stereocenters. The summed E-state index contributed by atoms with van der Waals surface area (Å²) in [5, 5.41) is 3.06. The second-order valence-electron chi connectivity index (χ2n) is 7.49. The molecule has 0 unspecified atom stereocenters. The minimum atomic E-state index is -3.84. The number of anilines is 1. The van der Waals surface area contributed by atoms with E-state index in [9.17, 15) is 17.6 Å². The van der Waals surface area contributed by atoms with Crippen LogP contribution in [0, 0.1) is 17.7 Å². The van der Waals surface area contributed by atoms with Crippen LogP contribution in [0.5, 0.6) is 0 Å². The molecule has 2 aromatic rings. The molecule has 9 heteroatoms. The third-order valence-electron chi connectivity index (χ3n) is 4.83. The smallest absolute Gasteiger partial charge is 0.258 e. The first-order chi connectivity index (χ1) is 13.6. The van der Waals surface area contributed by atoms with Gasteiger partial charge in [-0.15, -0.1) is 0 Å². The third-order valence-corrected chi connectivity index (χ3v) is 7.21. The fourth-order valence-corrected chi connectivity index (χ4v) is 5.73. The highest BCUT2D eigenvalue weighted by atomic mass is 35.5. The van der Waals surface area contributed by atoms with E-state index in [1.807, 2.05) is 13.8 Å². The van der Waals surface area contributed by atoms with Crippen LogP contribution in [0.4, 0.5) is 10.1 Å². The van der Waals surface area contributed by atoms with Crippen molar-refractivity contribution in [2.24, 2.45) is 11.8 Å². The maximum absolute atomic E-state index is 14.3. The second kappa shape index (κ2) is 8.60. The number of hydrogen-bond donors (Lipinski definition) is 1. The van der Waals surface area contributed by atoms with Crippen LogP contribution in [0.1, 0.15) is 30.6 Å². The Morgan fingerprint density at radius 1 is 1.10 bits per heavy atom. The largest absolute Gasteiger partial charge is 0.321 e. The van der Waals surface area contributed by atoms with Crippen molar-refractivity contribution < 1.29 is 17.6 Å². The van der Waals surface area contributed by atoms with Crippen LogP contribution in [0.2, 0.25) is 10.0 Å². The number of piperidine rings is 1. The standard InChI is InChI=1S/C20H21Cl2FN2O3S/c1-12-7-13(2)11-25(10-12)29(27,28)15-4-5-18(23)16(9-15)20(26)24-19-6-3-14(21)8-17(19)22/h3-6,8-9,12-13H,7,10-11H2,1-2H3,(H,24,26)/t12-,13-/m0/s1. The van der Waals surface area contributed by atoms with Crippen molar-refractivity contribution in [3.05, 3.63) is 57.8 Å². The summed E-state index contributed by atoms with van der Waals surface area (Å²) in [6.07, 6.45) is 0.949. The lowest BCUT2D eigenvalue weighted by atomic mass is 9.94. The number of amides is 1. The molecule has 0 aliphatic carbocycles. The SMILES string of the molecule is C[C@H]1C[C@H](C)CN(S(=O)(=O)c2ccc(F)c(C(=O)Nc3ccc(Cl)cc3Cl)c2)C1. The predicted octanol–water partition coefficient (Wildman–Crippen LogP) is 5.05. The van der Waals surface area contributed by atoms with Crippen molar-refractivity contribution >= 4 is 44.8 Å². The molecule has 1 aliphatic heterocycles. The fourth-order valence-electron chi connectivity index (χ4n) is 3.57. The first kappa shape index (κ1) is 22.0. The number of nitrogens with one attached hydrogen (secondary N) is 1. The Morgan fingerprint density at radius 3 is 2.38 bits per heavy atom. The number of sulfonamides is 1. The zero-order chi connectivity index (χ0) is 21.3. The van der Waals surface area contributed by atoms with Gasteiger partial charge in [0.25, 0.3) is 5.91 Å². The third kappa shape index (κ3) is 4.91. The monoisotopic (exact) mass is 458 g/mol. The molecule has 1 saturated heterocycles. The van der Waals surface area contributed by atoms with Crippen molar-refractivity contribution in [2.75, 3.05) is 18.4 Å². The van der Waals surface area contributed by atoms with Crippen molar-refractivity contribution in [2.45, 2.75) is 25.2 Å². The van der Waals surface area contributed by atoms with Gasteiger partial charge >= 0.3 is 0 Å². The van der Waals surface area contributed by atoms with E-state index in [1.54, 1.807) is 0 Å². The molecule has 5 nitrogen and oxygen atoms in total. The van der Waals surface area contributed by atoms with Crippen molar-refractivity contribution in [3.8, 4) is 0 Å². The van der Waals surface area contributed by atoms with Gasteiger partial charge in [0.1, 0.15) is 5.82 Å². The Labute approximate surface area is 179 Å². The average molecular weight is 459 g/mol. The number of carbonyl (C=O) groups excluding carboxylic acids is 1. The fraction of sp³-hybridized carbons (Fsp3) is 0.350. The Bertz CT molecular complexity index is 1040. The van der Waals surface area contributed by atoms with E-state index in [1.165, 1.54) is 28.6 Å². The summed E-state index contributed by atoms with van der Waals surface area (Å²) in [5.74, 6) is -1.18. The lowest BCUT2D eigenvalue weighted by Gasteiger charge is -2.34. The molecule has 1 aliphatic rings. The molecule has 1 fully saturated rings. The van der Waals surface area contributed by atoms with Gasteiger partial charge in [0.2, 0.25) is 10.0 Å². The number of hydrogen-bond acceptors (Lipinski definition) is 3. The lowest BCUT2D eigenvalue weighted by Crippen LogP contribution is -2.42. The quantitative estimate of drug-likeness (QED) is 0.696. The van der Waals surface area contributed by atoms with E-state index in [0.717, 1.165) is 18.6 Å². The summed E-state index contributed by atoms with van der Waals surface area (Å²) in [4.78, 5) is 12.5. The highest BCUT2D eigenvalue weighted by Gasteiger charge is 2.32. The van der Waals surface area contributed by atoms with E-state index in [4.69, 9.17) is 23.2 Å². The number of carbonyl (C=O) groups is 1.